The van der Waals surface area contributed by atoms with E-state index in [2.05, 4.69) is 35.8 Å². The summed E-state index contributed by atoms with van der Waals surface area (Å²) in [5, 5.41) is 56.3. The summed E-state index contributed by atoms with van der Waals surface area (Å²) in [6.45, 7) is -2.01. The van der Waals surface area contributed by atoms with Crippen molar-refractivity contribution < 1.29 is 91.0 Å². The average molecular weight is 1050 g/mol. The summed E-state index contributed by atoms with van der Waals surface area (Å²) in [6, 6.07) is 9.48. The van der Waals surface area contributed by atoms with Gasteiger partial charge in [-0.05, 0) is 54.6 Å². The standard InChI is InChI=1S/C37H33N9O20S4/c1-64-19-4-8-23(29(14-19)68(55,56)57)39-41-25-16-28(66-13-11-48)26(17-27(25)65-12-10-47)42-43-31-30(69(58,59)60)15-22-21(34(31)49)7-9-24(35(22)70(61,62)63)40-44-33-32(36(38)50)45-46(37(33)51)18-2-5-20(6-3-18)67(52,53)54/h2-9,14-17,33,47-49H,10-13H2,1H3,(H2,38,50)(H,52,53,54)(H,55,56,57)(H,58,59,60)(H,61,62,63). The molecule has 0 spiro atoms. The number of methoxy groups -OCH3 is 1. The van der Waals surface area contributed by atoms with Gasteiger partial charge in [-0.2, -0.15) is 54.0 Å². The Morgan fingerprint density at radius 1 is 0.671 bits per heavy atom. The molecule has 6 rings (SSSR count). The maximum atomic E-state index is 13.4. The van der Waals surface area contributed by atoms with E-state index in [1.165, 1.54) is 13.2 Å². The number of azo groups is 3. The van der Waals surface area contributed by atoms with Crippen LogP contribution in [0.4, 0.5) is 34.1 Å². The van der Waals surface area contributed by atoms with Crippen LogP contribution in [-0.2, 0) is 50.1 Å². The van der Waals surface area contributed by atoms with Gasteiger partial charge in [0.25, 0.3) is 52.3 Å². The first-order chi connectivity index (χ1) is 32.8. The van der Waals surface area contributed by atoms with Gasteiger partial charge in [-0.1, -0.05) is 0 Å². The Labute approximate surface area is 393 Å². The Hall–Kier alpha value is -7.47. The van der Waals surface area contributed by atoms with Crippen molar-refractivity contribution in [1.29, 1.82) is 0 Å². The van der Waals surface area contributed by atoms with Gasteiger partial charge in [0.1, 0.15) is 73.6 Å². The van der Waals surface area contributed by atoms with Crippen LogP contribution < -0.4 is 25.0 Å². The van der Waals surface area contributed by atoms with Gasteiger partial charge in [0.15, 0.2) is 11.5 Å². The molecule has 1 unspecified atom stereocenters. The fourth-order valence-corrected chi connectivity index (χ4v) is 8.77. The molecule has 33 heteroatoms. The van der Waals surface area contributed by atoms with Crippen molar-refractivity contribution in [3.05, 3.63) is 72.8 Å². The topological polar surface area (TPSA) is 456 Å². The maximum Gasteiger partial charge on any atom is 0.297 e. The van der Waals surface area contributed by atoms with Gasteiger partial charge >= 0.3 is 0 Å². The van der Waals surface area contributed by atoms with Crippen LogP contribution in [-0.4, -0.2) is 124 Å². The molecule has 9 N–H and O–H groups in total. The molecule has 5 aromatic rings. The molecule has 0 aromatic heterocycles. The number of hydrogen-bond acceptors (Lipinski definition) is 23. The minimum atomic E-state index is -5.55. The van der Waals surface area contributed by atoms with Crippen LogP contribution in [0.25, 0.3) is 10.8 Å². The van der Waals surface area contributed by atoms with Crippen LogP contribution >= 0.6 is 0 Å². The molecule has 1 aliphatic heterocycles. The molecule has 70 heavy (non-hydrogen) atoms. The highest BCUT2D eigenvalue weighted by Crippen LogP contribution is 2.47. The minimum Gasteiger partial charge on any atom is -0.505 e. The smallest absolute Gasteiger partial charge is 0.297 e. The van der Waals surface area contributed by atoms with Gasteiger partial charge in [0.2, 0.25) is 6.04 Å². The zero-order valence-electron chi connectivity index (χ0n) is 35.1. The van der Waals surface area contributed by atoms with E-state index in [0.717, 1.165) is 60.7 Å². The van der Waals surface area contributed by atoms with Gasteiger partial charge in [0, 0.05) is 29.0 Å². The predicted molar refractivity (Wildman–Crippen MR) is 237 cm³/mol. The number of hydrogen-bond donors (Lipinski definition) is 8. The predicted octanol–water partition coefficient (Wildman–Crippen LogP) is 3.45. The molecule has 29 nitrogen and oxygen atoms in total. The highest BCUT2D eigenvalue weighted by atomic mass is 32.2. The van der Waals surface area contributed by atoms with E-state index in [1.807, 2.05) is 0 Å². The monoisotopic (exact) mass is 1050 g/mol. The van der Waals surface area contributed by atoms with E-state index in [4.69, 9.17) is 19.9 Å². The van der Waals surface area contributed by atoms with E-state index in [-0.39, 0.29) is 34.3 Å². The van der Waals surface area contributed by atoms with Gasteiger partial charge in [-0.3, -0.25) is 27.8 Å². The number of aliphatic hydroxyl groups is 2. The second-order valence-corrected chi connectivity index (χ2v) is 19.3. The lowest BCUT2D eigenvalue weighted by Crippen LogP contribution is -2.35. The number of amides is 2. The summed E-state index contributed by atoms with van der Waals surface area (Å²) >= 11 is 0. The highest BCUT2D eigenvalue weighted by molar-refractivity contribution is 7.87. The maximum absolute atomic E-state index is 13.4. The summed E-state index contributed by atoms with van der Waals surface area (Å²) in [5.74, 6) is -4.23. The Kier molecular flexibility index (Phi) is 15.0. The number of fused-ring (bicyclic) bond motifs is 1. The van der Waals surface area contributed by atoms with Crippen LogP contribution in [0.5, 0.6) is 23.0 Å². The summed E-state index contributed by atoms with van der Waals surface area (Å²) in [7, 11) is -19.4. The normalized spacial score (nSPS) is 14.8. The van der Waals surface area contributed by atoms with E-state index in [1.54, 1.807) is 0 Å². The van der Waals surface area contributed by atoms with E-state index < -0.39 is 144 Å². The van der Waals surface area contributed by atoms with Gasteiger partial charge in [-0.15, -0.1) is 20.5 Å². The number of primary amides is 1. The lowest BCUT2D eigenvalue weighted by Gasteiger charge is -2.14. The summed E-state index contributed by atoms with van der Waals surface area (Å²) in [5.41, 5.74) is 1.53. The van der Waals surface area contributed by atoms with E-state index >= 15 is 0 Å². The molecule has 0 saturated carbocycles. The van der Waals surface area contributed by atoms with Crippen molar-refractivity contribution in [2.24, 2.45) is 41.5 Å². The summed E-state index contributed by atoms with van der Waals surface area (Å²) in [6.07, 6.45) is 0. The molecule has 0 radical (unpaired) electrons. The van der Waals surface area contributed by atoms with Crippen molar-refractivity contribution in [3.63, 3.8) is 0 Å². The zero-order valence-corrected chi connectivity index (χ0v) is 38.3. The molecule has 0 saturated heterocycles. The number of carbonyl (C=O) groups is 2. The number of aliphatic hydroxyl groups excluding tert-OH is 2. The molecule has 0 fully saturated rings. The lowest BCUT2D eigenvalue weighted by molar-refractivity contribution is -0.118. The molecule has 2 amide bonds. The quantitative estimate of drug-likeness (QED) is 0.0433. The molecule has 1 aliphatic rings. The Bertz CT molecular complexity index is 3540. The Balaban J connectivity index is 1.46. The summed E-state index contributed by atoms with van der Waals surface area (Å²) < 4.78 is 155. The average Bonchev–Trinajstić information content (AvgIpc) is 3.62. The third kappa shape index (κ3) is 11.3. The first-order valence-electron chi connectivity index (χ1n) is 18.9. The third-order valence-electron chi connectivity index (χ3n) is 9.23. The lowest BCUT2D eigenvalue weighted by atomic mass is 10.1. The number of ether oxygens (including phenoxy) is 3. The first-order valence-corrected chi connectivity index (χ1v) is 24.7. The Morgan fingerprint density at radius 2 is 1.23 bits per heavy atom. The molecule has 5 aromatic carbocycles. The third-order valence-corrected chi connectivity index (χ3v) is 12.8. The van der Waals surface area contributed by atoms with Crippen LogP contribution in [0.15, 0.2) is 128 Å². The molecular weight excluding hydrogens is 1020 g/mol. The van der Waals surface area contributed by atoms with Crippen molar-refractivity contribution in [1.82, 2.24) is 0 Å². The zero-order chi connectivity index (χ0) is 51.5. The van der Waals surface area contributed by atoms with Crippen molar-refractivity contribution in [2.45, 2.75) is 25.6 Å². The molecule has 0 aliphatic carbocycles. The number of phenols is 1. The number of hydrazone groups is 1. The number of benzene rings is 5. The van der Waals surface area contributed by atoms with E-state index in [9.17, 15) is 76.8 Å². The molecule has 1 heterocycles. The number of carbonyl (C=O) groups excluding carboxylic acids is 2. The number of aromatic hydroxyl groups is 1. The van der Waals surface area contributed by atoms with E-state index in [0.29, 0.717) is 11.1 Å². The number of nitrogens with zero attached hydrogens (tertiary/aromatic N) is 8. The Morgan fingerprint density at radius 3 is 1.74 bits per heavy atom. The second kappa shape index (κ2) is 20.2. The number of phenolic OH excluding ortho intramolecular Hbond substituents is 1. The number of rotatable bonds is 19. The molecule has 0 bridgehead atoms. The highest BCUT2D eigenvalue weighted by Gasteiger charge is 2.40. The van der Waals surface area contributed by atoms with Crippen LogP contribution in [0.2, 0.25) is 0 Å². The largest absolute Gasteiger partial charge is 0.505 e. The molecular formula is C37H33N9O20S4. The molecule has 1 atom stereocenters. The second-order valence-electron chi connectivity index (χ2n) is 13.8. The SMILES string of the molecule is COc1ccc(N=Nc2cc(OCCO)c(N=Nc3c(S(=O)(=O)O)cc4c(S(=O)(=O)O)c(N=NC5C(=O)N(c6ccc(S(=O)(=O)O)cc6)N=C5C(N)=O)ccc4c3O)cc2OCCO)c(S(=O)(=O)O)c1. The minimum absolute atomic E-state index is 0.0339. The fourth-order valence-electron chi connectivity index (χ4n) is 6.18. The van der Waals surface area contributed by atoms with Crippen molar-refractivity contribution >= 4 is 103 Å². The van der Waals surface area contributed by atoms with Crippen LogP contribution in [0, 0.1) is 0 Å². The number of nitrogens with two attached hydrogens (primary N) is 1. The van der Waals surface area contributed by atoms with Gasteiger partial charge in [-0.25, -0.2) is 0 Å². The summed E-state index contributed by atoms with van der Waals surface area (Å²) in [4.78, 5) is 21.8. The molecule has 370 valence electrons. The number of anilines is 1. The van der Waals surface area contributed by atoms with Gasteiger partial charge < -0.3 is 35.3 Å². The van der Waals surface area contributed by atoms with Crippen molar-refractivity contribution in [2.75, 3.05) is 38.5 Å². The van der Waals surface area contributed by atoms with Crippen molar-refractivity contribution in [3.8, 4) is 23.0 Å². The van der Waals surface area contributed by atoms with Crippen LogP contribution in [0.3, 0.4) is 0 Å². The fraction of sp³-hybridized carbons (Fsp3) is 0.162. The van der Waals surface area contributed by atoms with Crippen LogP contribution in [0.1, 0.15) is 0 Å². The first kappa shape index (κ1) is 51.9. The van der Waals surface area contributed by atoms with Gasteiger partial charge in [0.05, 0.1) is 30.9 Å².